The lowest BCUT2D eigenvalue weighted by atomic mass is 10.1. The zero-order valence-electron chi connectivity index (χ0n) is 10.5. The zero-order valence-corrected chi connectivity index (χ0v) is 12.8. The predicted molar refractivity (Wildman–Crippen MR) is 85.5 cm³/mol. The molecule has 0 atom stereocenters. The molecule has 2 aromatic rings. The second-order valence-corrected chi connectivity index (χ2v) is 5.38. The number of hydrazone groups is 1. The number of nitrogens with zero attached hydrogens (tertiary/aromatic N) is 1. The minimum absolute atomic E-state index is 0.186. The molecule has 0 saturated carbocycles. The molecule has 6 heteroatoms. The molecule has 0 saturated heterocycles. The molecule has 0 aliphatic rings. The van der Waals surface area contributed by atoms with Gasteiger partial charge in [0, 0.05) is 10.6 Å². The Labute approximate surface area is 131 Å². The Balaban J connectivity index is 2.21. The van der Waals surface area contributed by atoms with E-state index in [4.69, 9.17) is 34.8 Å². The van der Waals surface area contributed by atoms with Gasteiger partial charge in [-0.3, -0.25) is 5.43 Å². The number of para-hydroxylation sites is 1. The van der Waals surface area contributed by atoms with E-state index in [9.17, 15) is 5.11 Å². The summed E-state index contributed by atoms with van der Waals surface area (Å²) in [6.45, 7) is 1.81. The van der Waals surface area contributed by atoms with Crippen LogP contribution in [0, 0.1) is 6.92 Å². The summed E-state index contributed by atoms with van der Waals surface area (Å²) in [5, 5.41) is 15.1. The highest BCUT2D eigenvalue weighted by molar-refractivity contribution is 6.41. The number of hydrogen-bond acceptors (Lipinski definition) is 3. The summed E-state index contributed by atoms with van der Waals surface area (Å²) in [5.74, 6) is 0.186. The highest BCUT2D eigenvalue weighted by Gasteiger charge is 2.07. The molecule has 0 fully saturated rings. The summed E-state index contributed by atoms with van der Waals surface area (Å²) >= 11 is 17.9. The molecule has 104 valence electrons. The molecule has 2 N–H and O–H groups in total. The van der Waals surface area contributed by atoms with Crippen molar-refractivity contribution in [2.45, 2.75) is 6.92 Å². The van der Waals surface area contributed by atoms with Crippen LogP contribution in [-0.4, -0.2) is 11.3 Å². The van der Waals surface area contributed by atoms with Crippen molar-refractivity contribution in [3.8, 4) is 5.75 Å². The lowest BCUT2D eigenvalue weighted by molar-refractivity contribution is 0.470. The SMILES string of the molecule is Cc1cccc(/C=N\Nc2c(Cl)cc(Cl)cc2Cl)c1O. The van der Waals surface area contributed by atoms with Crippen LogP contribution in [0.25, 0.3) is 0 Å². The smallest absolute Gasteiger partial charge is 0.127 e. The van der Waals surface area contributed by atoms with E-state index in [1.807, 2.05) is 19.1 Å². The van der Waals surface area contributed by atoms with E-state index in [1.54, 1.807) is 18.2 Å². The second kappa shape index (κ2) is 6.35. The first-order valence-corrected chi connectivity index (χ1v) is 6.84. The first kappa shape index (κ1) is 15.0. The monoisotopic (exact) mass is 328 g/mol. The van der Waals surface area contributed by atoms with Crippen LogP contribution in [0.5, 0.6) is 5.75 Å². The Bertz CT molecular complexity index is 648. The number of rotatable bonds is 3. The van der Waals surface area contributed by atoms with Crippen molar-refractivity contribution in [2.24, 2.45) is 5.10 Å². The van der Waals surface area contributed by atoms with Crippen LogP contribution < -0.4 is 5.43 Å². The van der Waals surface area contributed by atoms with E-state index in [1.165, 1.54) is 6.21 Å². The van der Waals surface area contributed by atoms with Crippen LogP contribution in [0.1, 0.15) is 11.1 Å². The molecule has 0 spiro atoms. The van der Waals surface area contributed by atoms with Gasteiger partial charge in [0.15, 0.2) is 0 Å². The molecule has 20 heavy (non-hydrogen) atoms. The maximum Gasteiger partial charge on any atom is 0.127 e. The van der Waals surface area contributed by atoms with E-state index in [2.05, 4.69) is 10.5 Å². The highest BCUT2D eigenvalue weighted by atomic mass is 35.5. The van der Waals surface area contributed by atoms with Crippen molar-refractivity contribution in [1.29, 1.82) is 0 Å². The average molecular weight is 330 g/mol. The van der Waals surface area contributed by atoms with Crippen LogP contribution in [0.4, 0.5) is 5.69 Å². The van der Waals surface area contributed by atoms with Crippen molar-refractivity contribution < 1.29 is 5.11 Å². The second-order valence-electron chi connectivity index (χ2n) is 4.13. The first-order valence-electron chi connectivity index (χ1n) is 5.71. The zero-order chi connectivity index (χ0) is 14.7. The van der Waals surface area contributed by atoms with E-state index < -0.39 is 0 Å². The van der Waals surface area contributed by atoms with Crippen LogP contribution in [-0.2, 0) is 0 Å². The van der Waals surface area contributed by atoms with Gasteiger partial charge in [0.05, 0.1) is 21.9 Å². The van der Waals surface area contributed by atoms with Crippen molar-refractivity contribution in [3.63, 3.8) is 0 Å². The normalized spacial score (nSPS) is 11.0. The topological polar surface area (TPSA) is 44.6 Å². The Kier molecular flexibility index (Phi) is 4.76. The van der Waals surface area contributed by atoms with Gasteiger partial charge in [-0.2, -0.15) is 5.10 Å². The molecule has 0 aromatic heterocycles. The summed E-state index contributed by atoms with van der Waals surface area (Å²) < 4.78 is 0. The number of phenols is 1. The Morgan fingerprint density at radius 2 is 1.80 bits per heavy atom. The number of aryl methyl sites for hydroxylation is 1. The lowest BCUT2D eigenvalue weighted by Gasteiger charge is -2.07. The third kappa shape index (κ3) is 3.37. The van der Waals surface area contributed by atoms with Gasteiger partial charge in [-0.1, -0.05) is 46.9 Å². The maximum atomic E-state index is 9.85. The molecule has 0 unspecified atom stereocenters. The molecule has 2 rings (SSSR count). The minimum Gasteiger partial charge on any atom is -0.507 e. The Hall–Kier alpha value is -1.42. The van der Waals surface area contributed by atoms with Crippen LogP contribution in [0.15, 0.2) is 35.4 Å². The number of halogens is 3. The lowest BCUT2D eigenvalue weighted by Crippen LogP contribution is -1.93. The number of benzene rings is 2. The fourth-order valence-corrected chi connectivity index (χ4v) is 2.50. The fourth-order valence-electron chi connectivity index (χ4n) is 1.60. The van der Waals surface area contributed by atoms with Gasteiger partial charge in [-0.25, -0.2) is 0 Å². The summed E-state index contributed by atoms with van der Waals surface area (Å²) in [6.07, 6.45) is 1.49. The van der Waals surface area contributed by atoms with E-state index in [0.717, 1.165) is 5.56 Å². The molecule has 0 radical (unpaired) electrons. The van der Waals surface area contributed by atoms with Gasteiger partial charge in [-0.15, -0.1) is 0 Å². The number of aromatic hydroxyl groups is 1. The largest absolute Gasteiger partial charge is 0.507 e. The third-order valence-electron chi connectivity index (χ3n) is 2.66. The first-order chi connectivity index (χ1) is 9.49. The number of nitrogens with one attached hydrogen (secondary N) is 1. The number of phenolic OH excluding ortho intramolecular Hbond substituents is 1. The average Bonchev–Trinajstić information content (AvgIpc) is 2.37. The predicted octanol–water partition coefficient (Wildman–Crippen LogP) is 5.11. The molecular weight excluding hydrogens is 319 g/mol. The van der Waals surface area contributed by atoms with Crippen molar-refractivity contribution in [1.82, 2.24) is 0 Å². The standard InChI is InChI=1S/C14H11Cl3N2O/c1-8-3-2-4-9(14(8)20)7-18-19-13-11(16)5-10(15)6-12(13)17/h2-7,19-20H,1H3/b18-7-. The van der Waals surface area contributed by atoms with Gasteiger partial charge in [0.2, 0.25) is 0 Å². The number of anilines is 1. The van der Waals surface area contributed by atoms with Gasteiger partial charge in [0.25, 0.3) is 0 Å². The Morgan fingerprint density at radius 1 is 1.15 bits per heavy atom. The molecule has 0 amide bonds. The Morgan fingerprint density at radius 3 is 2.45 bits per heavy atom. The summed E-state index contributed by atoms with van der Waals surface area (Å²) in [5.41, 5.74) is 4.57. The summed E-state index contributed by atoms with van der Waals surface area (Å²) in [4.78, 5) is 0. The van der Waals surface area contributed by atoms with Gasteiger partial charge >= 0.3 is 0 Å². The molecule has 0 aliphatic heterocycles. The molecule has 0 bridgehead atoms. The number of hydrogen-bond donors (Lipinski definition) is 2. The maximum absolute atomic E-state index is 9.85. The molecule has 0 aliphatic carbocycles. The van der Waals surface area contributed by atoms with Gasteiger partial charge in [0.1, 0.15) is 5.75 Å². The fraction of sp³-hybridized carbons (Fsp3) is 0.0714. The van der Waals surface area contributed by atoms with E-state index in [-0.39, 0.29) is 5.75 Å². The third-order valence-corrected chi connectivity index (χ3v) is 3.47. The quantitative estimate of drug-likeness (QED) is 0.607. The van der Waals surface area contributed by atoms with Crippen molar-refractivity contribution in [3.05, 3.63) is 56.5 Å². The molecule has 0 heterocycles. The van der Waals surface area contributed by atoms with Crippen molar-refractivity contribution in [2.75, 3.05) is 5.43 Å². The summed E-state index contributed by atoms with van der Waals surface area (Å²) in [7, 11) is 0. The summed E-state index contributed by atoms with van der Waals surface area (Å²) in [6, 6.07) is 8.53. The highest BCUT2D eigenvalue weighted by Crippen LogP contribution is 2.33. The van der Waals surface area contributed by atoms with E-state index in [0.29, 0.717) is 26.3 Å². The molecular formula is C14H11Cl3N2O. The van der Waals surface area contributed by atoms with Crippen LogP contribution in [0.2, 0.25) is 15.1 Å². The van der Waals surface area contributed by atoms with Gasteiger partial charge in [-0.05, 0) is 30.7 Å². The van der Waals surface area contributed by atoms with Gasteiger partial charge < -0.3 is 5.11 Å². The minimum atomic E-state index is 0.186. The van der Waals surface area contributed by atoms with Crippen LogP contribution >= 0.6 is 34.8 Å². The molecule has 2 aromatic carbocycles. The molecule has 3 nitrogen and oxygen atoms in total. The van der Waals surface area contributed by atoms with Crippen molar-refractivity contribution >= 4 is 46.7 Å². The van der Waals surface area contributed by atoms with E-state index >= 15 is 0 Å². The van der Waals surface area contributed by atoms with Crippen LogP contribution in [0.3, 0.4) is 0 Å².